The van der Waals surface area contributed by atoms with E-state index in [1.165, 1.54) is 0 Å². The van der Waals surface area contributed by atoms with Crippen LogP contribution in [-0.2, 0) is 0 Å². The average molecular weight is 323 g/mol. The minimum atomic E-state index is -0.328. The van der Waals surface area contributed by atoms with Crippen LogP contribution in [0.2, 0.25) is 0 Å². The van der Waals surface area contributed by atoms with E-state index in [1.807, 2.05) is 36.4 Å². The molecule has 122 valence electrons. The first kappa shape index (κ1) is 15.7. The molecule has 0 fully saturated rings. The summed E-state index contributed by atoms with van der Waals surface area (Å²) in [6.45, 7) is 2.35. The van der Waals surface area contributed by atoms with Crippen molar-refractivity contribution in [3.8, 4) is 0 Å². The number of aromatic nitrogens is 1. The molecule has 2 amide bonds. The number of benzene rings is 2. The zero-order valence-electron chi connectivity index (χ0n) is 13.2. The fourth-order valence-corrected chi connectivity index (χ4v) is 2.43. The monoisotopic (exact) mass is 323 g/mol. The van der Waals surface area contributed by atoms with Gasteiger partial charge in [-0.3, -0.25) is 9.59 Å². The highest BCUT2D eigenvalue weighted by Gasteiger charge is 2.11. The van der Waals surface area contributed by atoms with Crippen molar-refractivity contribution in [2.75, 3.05) is 13.1 Å². The molecule has 6 heteroatoms. The highest BCUT2D eigenvalue weighted by molar-refractivity contribution is 6.07. The molecule has 1 heterocycles. The molecule has 0 bridgehead atoms. The third-order valence-corrected chi connectivity index (χ3v) is 3.59. The van der Waals surface area contributed by atoms with Gasteiger partial charge in [0.25, 0.3) is 11.8 Å². The number of aryl methyl sites for hydroxylation is 1. The van der Waals surface area contributed by atoms with Crippen LogP contribution in [0.1, 0.15) is 26.6 Å². The van der Waals surface area contributed by atoms with Gasteiger partial charge in [-0.05, 0) is 23.8 Å². The molecule has 0 unspecified atom stereocenters. The quantitative estimate of drug-likeness (QED) is 0.706. The molecule has 3 rings (SSSR count). The van der Waals surface area contributed by atoms with E-state index in [0.29, 0.717) is 24.4 Å². The van der Waals surface area contributed by atoms with E-state index in [4.69, 9.17) is 4.52 Å². The first-order chi connectivity index (χ1) is 11.6. The second-order valence-electron chi connectivity index (χ2n) is 5.36. The molecule has 6 nitrogen and oxygen atoms in total. The van der Waals surface area contributed by atoms with E-state index in [0.717, 1.165) is 10.8 Å². The Labute approximate surface area is 138 Å². The predicted molar refractivity (Wildman–Crippen MR) is 89.9 cm³/mol. The van der Waals surface area contributed by atoms with Crippen LogP contribution in [0.3, 0.4) is 0 Å². The molecular formula is C18H17N3O3. The molecule has 0 saturated heterocycles. The number of carbonyl (C=O) groups is 2. The van der Waals surface area contributed by atoms with Gasteiger partial charge in [-0.1, -0.05) is 41.6 Å². The topological polar surface area (TPSA) is 84.2 Å². The van der Waals surface area contributed by atoms with Crippen molar-refractivity contribution < 1.29 is 14.1 Å². The molecule has 0 spiro atoms. The van der Waals surface area contributed by atoms with Crippen molar-refractivity contribution in [1.82, 2.24) is 15.8 Å². The molecule has 0 atom stereocenters. The summed E-state index contributed by atoms with van der Waals surface area (Å²) in [4.78, 5) is 24.1. The van der Waals surface area contributed by atoms with Crippen molar-refractivity contribution in [3.63, 3.8) is 0 Å². The Morgan fingerprint density at radius 1 is 1.00 bits per heavy atom. The van der Waals surface area contributed by atoms with Crippen molar-refractivity contribution >= 4 is 22.6 Å². The maximum Gasteiger partial charge on any atom is 0.273 e. The lowest BCUT2D eigenvalue weighted by Crippen LogP contribution is -2.34. The first-order valence-corrected chi connectivity index (χ1v) is 7.62. The number of hydrogen-bond donors (Lipinski definition) is 2. The third-order valence-electron chi connectivity index (χ3n) is 3.59. The largest absolute Gasteiger partial charge is 0.361 e. The van der Waals surface area contributed by atoms with Crippen LogP contribution >= 0.6 is 0 Å². The summed E-state index contributed by atoms with van der Waals surface area (Å²) >= 11 is 0. The fraction of sp³-hybridized carbons (Fsp3) is 0.167. The number of carbonyl (C=O) groups excluding carboxylic acids is 2. The van der Waals surface area contributed by atoms with Crippen LogP contribution in [0, 0.1) is 6.92 Å². The number of amides is 2. The summed E-state index contributed by atoms with van der Waals surface area (Å²) in [5.41, 5.74) is 0.847. The smallest absolute Gasteiger partial charge is 0.273 e. The molecule has 0 aliphatic carbocycles. The lowest BCUT2D eigenvalue weighted by Gasteiger charge is -2.08. The molecule has 2 N–H and O–H groups in total. The minimum Gasteiger partial charge on any atom is -0.361 e. The SMILES string of the molecule is Cc1cc(C(=O)NCCNC(=O)c2cccc3ccccc23)no1. The Bertz CT molecular complexity index is 881. The van der Waals surface area contributed by atoms with Gasteiger partial charge >= 0.3 is 0 Å². The summed E-state index contributed by atoms with van der Waals surface area (Å²) in [6, 6.07) is 14.9. The van der Waals surface area contributed by atoms with Crippen molar-refractivity contribution in [2.45, 2.75) is 6.92 Å². The van der Waals surface area contributed by atoms with Crippen molar-refractivity contribution in [3.05, 3.63) is 65.5 Å². The second-order valence-corrected chi connectivity index (χ2v) is 5.36. The van der Waals surface area contributed by atoms with Gasteiger partial charge < -0.3 is 15.2 Å². The van der Waals surface area contributed by atoms with Gasteiger partial charge in [0.1, 0.15) is 5.76 Å². The van der Waals surface area contributed by atoms with E-state index in [1.54, 1.807) is 19.1 Å². The summed E-state index contributed by atoms with van der Waals surface area (Å²) in [5, 5.41) is 11.0. The van der Waals surface area contributed by atoms with Gasteiger partial charge in [-0.15, -0.1) is 0 Å². The normalized spacial score (nSPS) is 10.5. The minimum absolute atomic E-state index is 0.168. The fourth-order valence-electron chi connectivity index (χ4n) is 2.43. The highest BCUT2D eigenvalue weighted by Crippen LogP contribution is 2.18. The van der Waals surface area contributed by atoms with Crippen LogP contribution < -0.4 is 10.6 Å². The molecule has 0 saturated carbocycles. The van der Waals surface area contributed by atoms with Crippen LogP contribution in [0.25, 0.3) is 10.8 Å². The van der Waals surface area contributed by atoms with Crippen molar-refractivity contribution in [1.29, 1.82) is 0 Å². The maximum atomic E-state index is 12.3. The average Bonchev–Trinajstić information content (AvgIpc) is 3.04. The second kappa shape index (κ2) is 6.95. The van der Waals surface area contributed by atoms with E-state index >= 15 is 0 Å². The van der Waals surface area contributed by atoms with E-state index in [-0.39, 0.29) is 17.5 Å². The van der Waals surface area contributed by atoms with Crippen molar-refractivity contribution in [2.24, 2.45) is 0 Å². The molecule has 3 aromatic rings. The van der Waals surface area contributed by atoms with Crippen LogP contribution in [-0.4, -0.2) is 30.1 Å². The first-order valence-electron chi connectivity index (χ1n) is 7.62. The van der Waals surface area contributed by atoms with Gasteiger partial charge in [-0.2, -0.15) is 0 Å². The van der Waals surface area contributed by atoms with E-state index in [2.05, 4.69) is 15.8 Å². The summed E-state index contributed by atoms with van der Waals surface area (Å²) in [7, 11) is 0. The molecule has 0 aliphatic rings. The van der Waals surface area contributed by atoms with E-state index < -0.39 is 0 Å². The lowest BCUT2D eigenvalue weighted by molar-refractivity contribution is 0.0923. The van der Waals surface area contributed by atoms with Gasteiger partial charge in [-0.25, -0.2) is 0 Å². The van der Waals surface area contributed by atoms with Gasteiger partial charge in [0.05, 0.1) is 0 Å². The molecule has 24 heavy (non-hydrogen) atoms. The Morgan fingerprint density at radius 3 is 2.46 bits per heavy atom. The Hall–Kier alpha value is -3.15. The Morgan fingerprint density at radius 2 is 1.71 bits per heavy atom. The Kier molecular flexibility index (Phi) is 4.56. The van der Waals surface area contributed by atoms with Gasteiger partial charge in [0.2, 0.25) is 0 Å². The van der Waals surface area contributed by atoms with E-state index in [9.17, 15) is 9.59 Å². The highest BCUT2D eigenvalue weighted by atomic mass is 16.5. The van der Waals surface area contributed by atoms with Gasteiger partial charge in [0.15, 0.2) is 5.69 Å². The summed E-state index contributed by atoms with van der Waals surface area (Å²) in [6.07, 6.45) is 0. The standard InChI is InChI=1S/C18H17N3O3/c1-12-11-16(21-24-12)18(23)20-10-9-19-17(22)15-8-4-6-13-5-2-3-7-14(13)15/h2-8,11H,9-10H2,1H3,(H,19,22)(H,20,23). The molecule has 0 aliphatic heterocycles. The van der Waals surface area contributed by atoms with Crippen LogP contribution in [0.5, 0.6) is 0 Å². The number of fused-ring (bicyclic) bond motifs is 1. The molecule has 1 aromatic heterocycles. The number of rotatable bonds is 5. The predicted octanol–water partition coefficient (Wildman–Crippen LogP) is 2.30. The van der Waals surface area contributed by atoms with Crippen LogP contribution in [0.15, 0.2) is 53.1 Å². The Balaban J connectivity index is 1.55. The summed E-state index contributed by atoms with van der Waals surface area (Å²) in [5.74, 6) is 0.0778. The summed E-state index contributed by atoms with van der Waals surface area (Å²) < 4.78 is 4.85. The van der Waals surface area contributed by atoms with Crippen LogP contribution in [0.4, 0.5) is 0 Å². The number of nitrogens with one attached hydrogen (secondary N) is 2. The third kappa shape index (κ3) is 3.43. The van der Waals surface area contributed by atoms with Gasteiger partial charge in [0, 0.05) is 24.7 Å². The lowest BCUT2D eigenvalue weighted by atomic mass is 10.0. The molecule has 2 aromatic carbocycles. The number of nitrogens with zero attached hydrogens (tertiary/aromatic N) is 1. The zero-order valence-corrected chi connectivity index (χ0v) is 13.2. The number of hydrogen-bond acceptors (Lipinski definition) is 4. The zero-order chi connectivity index (χ0) is 16.9. The molecule has 0 radical (unpaired) electrons. The molecular weight excluding hydrogens is 306 g/mol. The maximum absolute atomic E-state index is 12.3.